The molecule has 0 aliphatic rings. The van der Waals surface area contributed by atoms with Gasteiger partial charge in [0.15, 0.2) is 0 Å². The lowest BCUT2D eigenvalue weighted by atomic mass is 10.0. The first-order valence-corrected chi connectivity index (χ1v) is 7.80. The minimum atomic E-state index is -0.168. The first-order chi connectivity index (χ1) is 10.4. The summed E-state index contributed by atoms with van der Waals surface area (Å²) >= 11 is 0. The van der Waals surface area contributed by atoms with E-state index < -0.39 is 0 Å². The minimum absolute atomic E-state index is 0.168. The van der Waals surface area contributed by atoms with Crippen LogP contribution in [0.25, 0.3) is 0 Å². The highest BCUT2D eigenvalue weighted by molar-refractivity contribution is 5.29. The summed E-state index contributed by atoms with van der Waals surface area (Å²) < 4.78 is 0. The van der Waals surface area contributed by atoms with Gasteiger partial charge in [-0.2, -0.15) is 0 Å². The van der Waals surface area contributed by atoms with Crippen LogP contribution < -0.4 is 0 Å². The van der Waals surface area contributed by atoms with E-state index in [0.717, 1.165) is 17.5 Å². The predicted octanol–water partition coefficient (Wildman–Crippen LogP) is 5.30. The third kappa shape index (κ3) is 5.33. The Kier molecular flexibility index (Phi) is 6.99. The van der Waals surface area contributed by atoms with Gasteiger partial charge in [0.2, 0.25) is 0 Å². The van der Waals surface area contributed by atoms with Crippen LogP contribution in [0.4, 0.5) is 0 Å². The topological polar surface area (TPSA) is 18.5 Å². The Labute approximate surface area is 127 Å². The maximum absolute atomic E-state index is 5.69. The monoisotopic (exact) mass is 284 g/mol. The molecule has 2 heteroatoms. The van der Waals surface area contributed by atoms with Gasteiger partial charge in [0.25, 0.3) is 0 Å². The normalized spacial score (nSPS) is 11.0. The third-order valence-corrected chi connectivity index (χ3v) is 3.45. The molecule has 2 nitrogen and oxygen atoms in total. The highest BCUT2D eigenvalue weighted by atomic mass is 17.2. The molecule has 21 heavy (non-hydrogen) atoms. The van der Waals surface area contributed by atoms with Crippen LogP contribution in [-0.4, -0.2) is 6.61 Å². The maximum Gasteiger partial charge on any atom is 0.143 e. The molecule has 0 amide bonds. The van der Waals surface area contributed by atoms with E-state index in [9.17, 15) is 0 Å². The molecule has 0 aliphatic carbocycles. The van der Waals surface area contributed by atoms with Gasteiger partial charge in [-0.05, 0) is 17.5 Å². The van der Waals surface area contributed by atoms with Crippen LogP contribution in [0.15, 0.2) is 60.7 Å². The molecular weight excluding hydrogens is 260 g/mol. The number of benzene rings is 2. The van der Waals surface area contributed by atoms with Gasteiger partial charge in [-0.15, -0.1) is 0 Å². The largest absolute Gasteiger partial charge is 0.236 e. The molecule has 0 saturated carbocycles. The van der Waals surface area contributed by atoms with Crippen LogP contribution in [0.1, 0.15) is 49.8 Å². The van der Waals surface area contributed by atoms with Crippen LogP contribution in [-0.2, 0) is 9.78 Å². The lowest BCUT2D eigenvalue weighted by Gasteiger charge is -2.17. The number of hydrogen-bond donors (Lipinski definition) is 0. The lowest BCUT2D eigenvalue weighted by Crippen LogP contribution is -2.08. The van der Waals surface area contributed by atoms with Crippen molar-refractivity contribution >= 4 is 0 Å². The second kappa shape index (κ2) is 9.32. The summed E-state index contributed by atoms with van der Waals surface area (Å²) in [6, 6.07) is 20.4. The first-order valence-electron chi connectivity index (χ1n) is 7.80. The van der Waals surface area contributed by atoms with Crippen molar-refractivity contribution in [2.45, 2.75) is 38.7 Å². The zero-order valence-electron chi connectivity index (χ0n) is 12.7. The highest BCUT2D eigenvalue weighted by Gasteiger charge is 2.15. The molecule has 2 aromatic rings. The molecule has 0 aromatic heterocycles. The maximum atomic E-state index is 5.69. The van der Waals surface area contributed by atoms with Gasteiger partial charge in [0.05, 0.1) is 6.61 Å². The van der Waals surface area contributed by atoms with Crippen LogP contribution in [0.3, 0.4) is 0 Å². The molecular formula is C19H24O2. The third-order valence-electron chi connectivity index (χ3n) is 3.45. The Hall–Kier alpha value is -1.64. The number of rotatable bonds is 9. The van der Waals surface area contributed by atoms with Crippen molar-refractivity contribution in [1.82, 2.24) is 0 Å². The highest BCUT2D eigenvalue weighted by Crippen LogP contribution is 2.26. The zero-order chi connectivity index (χ0) is 14.8. The van der Waals surface area contributed by atoms with Gasteiger partial charge >= 0.3 is 0 Å². The van der Waals surface area contributed by atoms with Crippen LogP contribution in [0, 0.1) is 0 Å². The van der Waals surface area contributed by atoms with Gasteiger partial charge in [0.1, 0.15) is 6.10 Å². The van der Waals surface area contributed by atoms with Crippen molar-refractivity contribution in [3.05, 3.63) is 71.8 Å². The Morgan fingerprint density at radius 3 is 1.86 bits per heavy atom. The van der Waals surface area contributed by atoms with Crippen molar-refractivity contribution in [3.63, 3.8) is 0 Å². The molecule has 0 aliphatic heterocycles. The molecule has 112 valence electrons. The molecule has 0 bridgehead atoms. The van der Waals surface area contributed by atoms with E-state index in [2.05, 4.69) is 31.2 Å². The summed E-state index contributed by atoms with van der Waals surface area (Å²) in [4.78, 5) is 11.1. The summed E-state index contributed by atoms with van der Waals surface area (Å²) in [6.45, 7) is 2.86. The molecule has 0 saturated heterocycles. The fourth-order valence-electron chi connectivity index (χ4n) is 2.26. The Bertz CT molecular complexity index is 442. The molecule has 0 N–H and O–H groups in total. The first kappa shape index (κ1) is 15.7. The predicted molar refractivity (Wildman–Crippen MR) is 85.9 cm³/mol. The van der Waals surface area contributed by atoms with Crippen molar-refractivity contribution < 1.29 is 9.78 Å². The second-order valence-electron chi connectivity index (χ2n) is 5.18. The summed E-state index contributed by atoms with van der Waals surface area (Å²) in [7, 11) is 0. The molecule has 2 rings (SSSR count). The molecule has 0 radical (unpaired) electrons. The van der Waals surface area contributed by atoms with E-state index in [4.69, 9.17) is 9.78 Å². The van der Waals surface area contributed by atoms with E-state index in [1.807, 2.05) is 36.4 Å². The molecule has 0 fully saturated rings. The number of hydrogen-bond acceptors (Lipinski definition) is 2. The second-order valence-corrected chi connectivity index (χ2v) is 5.18. The average Bonchev–Trinajstić information content (AvgIpc) is 2.56. The number of unbranched alkanes of at least 4 members (excludes halogenated alkanes) is 3. The standard InChI is InChI=1S/C19H24O2/c1-2-3-4-11-16-20-21-19(17-12-7-5-8-13-17)18-14-9-6-10-15-18/h5-10,12-15,19H,2-4,11,16H2,1H3. The Balaban J connectivity index is 1.94. The average molecular weight is 284 g/mol. The SMILES string of the molecule is CCCCCCOOC(c1ccccc1)c1ccccc1. The zero-order valence-corrected chi connectivity index (χ0v) is 12.7. The summed E-state index contributed by atoms with van der Waals surface area (Å²) in [5.41, 5.74) is 2.22. The minimum Gasteiger partial charge on any atom is -0.236 e. The lowest BCUT2D eigenvalue weighted by molar-refractivity contribution is -0.318. The Morgan fingerprint density at radius 1 is 0.762 bits per heavy atom. The van der Waals surface area contributed by atoms with Gasteiger partial charge in [0, 0.05) is 0 Å². The van der Waals surface area contributed by atoms with Crippen molar-refractivity contribution in [1.29, 1.82) is 0 Å². The summed E-state index contributed by atoms with van der Waals surface area (Å²) in [6.07, 6.45) is 4.56. The molecule has 0 unspecified atom stereocenters. The van der Waals surface area contributed by atoms with E-state index in [1.165, 1.54) is 19.3 Å². The van der Waals surface area contributed by atoms with Crippen LogP contribution >= 0.6 is 0 Å². The van der Waals surface area contributed by atoms with E-state index in [0.29, 0.717) is 6.61 Å². The van der Waals surface area contributed by atoms with Crippen molar-refractivity contribution in [3.8, 4) is 0 Å². The van der Waals surface area contributed by atoms with E-state index in [1.54, 1.807) is 0 Å². The fraction of sp³-hybridized carbons (Fsp3) is 0.368. The Morgan fingerprint density at radius 2 is 1.33 bits per heavy atom. The fourth-order valence-corrected chi connectivity index (χ4v) is 2.26. The van der Waals surface area contributed by atoms with Crippen LogP contribution in [0.2, 0.25) is 0 Å². The molecule has 2 aromatic carbocycles. The van der Waals surface area contributed by atoms with Gasteiger partial charge in [-0.25, -0.2) is 9.78 Å². The summed E-state index contributed by atoms with van der Waals surface area (Å²) in [5, 5.41) is 0. The smallest absolute Gasteiger partial charge is 0.143 e. The molecule has 0 atom stereocenters. The summed E-state index contributed by atoms with van der Waals surface area (Å²) in [5.74, 6) is 0. The quantitative estimate of drug-likeness (QED) is 0.353. The van der Waals surface area contributed by atoms with E-state index in [-0.39, 0.29) is 6.10 Å². The van der Waals surface area contributed by atoms with Crippen molar-refractivity contribution in [2.75, 3.05) is 6.61 Å². The molecule has 0 spiro atoms. The van der Waals surface area contributed by atoms with E-state index >= 15 is 0 Å². The van der Waals surface area contributed by atoms with Crippen molar-refractivity contribution in [2.24, 2.45) is 0 Å². The van der Waals surface area contributed by atoms with Gasteiger partial charge < -0.3 is 0 Å². The molecule has 0 heterocycles. The van der Waals surface area contributed by atoms with Crippen LogP contribution in [0.5, 0.6) is 0 Å². The van der Waals surface area contributed by atoms with Gasteiger partial charge in [-0.1, -0.05) is 86.8 Å². The van der Waals surface area contributed by atoms with Gasteiger partial charge in [-0.3, -0.25) is 0 Å².